The van der Waals surface area contributed by atoms with Gasteiger partial charge in [-0.1, -0.05) is 0 Å². The standard InChI is InChI=1S/C25H34FN5O4/c26-19-1-3-21(4-2-19)29-13-11-28(12-14-29)8-5-20-17-25(23(33)27-20)6-9-30(10-7-25)22(32)18-31-15-16-35-24(31)34/h1-4,20H,5-18H2,(H,27,33). The first-order valence-corrected chi connectivity index (χ1v) is 12.7. The van der Waals surface area contributed by atoms with E-state index in [2.05, 4.69) is 15.1 Å². The molecule has 0 saturated carbocycles. The zero-order chi connectivity index (χ0) is 24.4. The van der Waals surface area contributed by atoms with Gasteiger partial charge in [0.25, 0.3) is 0 Å². The lowest BCUT2D eigenvalue weighted by Crippen LogP contribution is -2.48. The number of ether oxygens (including phenoxy) is 1. The zero-order valence-electron chi connectivity index (χ0n) is 20.1. The molecule has 1 atom stereocenters. The average Bonchev–Trinajstić information content (AvgIpc) is 3.41. The summed E-state index contributed by atoms with van der Waals surface area (Å²) in [5.41, 5.74) is 0.677. The minimum atomic E-state index is -0.429. The summed E-state index contributed by atoms with van der Waals surface area (Å²) in [5.74, 6) is -0.165. The molecule has 1 unspecified atom stereocenters. The number of amides is 3. The maximum atomic E-state index is 13.2. The average molecular weight is 488 g/mol. The van der Waals surface area contributed by atoms with Gasteiger partial charge in [-0.05, 0) is 49.9 Å². The lowest BCUT2D eigenvalue weighted by Gasteiger charge is -2.38. The fourth-order valence-electron chi connectivity index (χ4n) is 5.80. The molecule has 190 valence electrons. The molecule has 5 rings (SSSR count). The number of cyclic esters (lactones) is 1. The summed E-state index contributed by atoms with van der Waals surface area (Å²) in [5, 5.41) is 3.22. The summed E-state index contributed by atoms with van der Waals surface area (Å²) in [6.45, 7) is 6.59. The van der Waals surface area contributed by atoms with Crippen molar-refractivity contribution in [3.63, 3.8) is 0 Å². The zero-order valence-corrected chi connectivity index (χ0v) is 20.1. The second-order valence-electron chi connectivity index (χ2n) is 10.2. The van der Waals surface area contributed by atoms with Crippen LogP contribution in [-0.4, -0.2) is 104 Å². The SMILES string of the molecule is O=C(CN1CCOC1=O)N1CCC2(CC1)CC(CCN1CCN(c3ccc(F)cc3)CC1)NC2=O. The minimum Gasteiger partial charge on any atom is -0.448 e. The quantitative estimate of drug-likeness (QED) is 0.651. The van der Waals surface area contributed by atoms with Gasteiger partial charge in [-0.2, -0.15) is 0 Å². The van der Waals surface area contributed by atoms with E-state index in [-0.39, 0.29) is 35.6 Å². The van der Waals surface area contributed by atoms with Crippen LogP contribution in [0.4, 0.5) is 14.9 Å². The molecule has 4 heterocycles. The van der Waals surface area contributed by atoms with Crippen LogP contribution in [0.3, 0.4) is 0 Å². The van der Waals surface area contributed by atoms with Gasteiger partial charge in [-0.25, -0.2) is 9.18 Å². The summed E-state index contributed by atoms with van der Waals surface area (Å²) >= 11 is 0. The molecule has 4 saturated heterocycles. The topological polar surface area (TPSA) is 85.4 Å². The normalized spacial score (nSPS) is 24.7. The Morgan fingerprint density at radius 2 is 1.74 bits per heavy atom. The van der Waals surface area contributed by atoms with Gasteiger partial charge >= 0.3 is 6.09 Å². The molecular weight excluding hydrogens is 453 g/mol. The Bertz CT molecular complexity index is 942. The third kappa shape index (κ3) is 5.22. The summed E-state index contributed by atoms with van der Waals surface area (Å²) < 4.78 is 18.1. The van der Waals surface area contributed by atoms with Gasteiger partial charge in [-0.15, -0.1) is 0 Å². The number of nitrogens with one attached hydrogen (secondary N) is 1. The van der Waals surface area contributed by atoms with Crippen molar-refractivity contribution in [2.75, 3.05) is 70.4 Å². The van der Waals surface area contributed by atoms with Crippen molar-refractivity contribution >= 4 is 23.6 Å². The fourth-order valence-corrected chi connectivity index (χ4v) is 5.80. The summed E-state index contributed by atoms with van der Waals surface area (Å²) in [6.07, 6.45) is 2.65. The first-order valence-electron chi connectivity index (χ1n) is 12.7. The first kappa shape index (κ1) is 23.8. The van der Waals surface area contributed by atoms with Crippen LogP contribution in [0, 0.1) is 11.2 Å². The predicted molar refractivity (Wildman–Crippen MR) is 127 cm³/mol. The van der Waals surface area contributed by atoms with E-state index in [1.54, 1.807) is 4.90 Å². The van der Waals surface area contributed by atoms with Crippen LogP contribution in [-0.2, 0) is 14.3 Å². The molecule has 0 bridgehead atoms. The second-order valence-corrected chi connectivity index (χ2v) is 10.2. The fraction of sp³-hybridized carbons (Fsp3) is 0.640. The van der Waals surface area contributed by atoms with Crippen LogP contribution < -0.4 is 10.2 Å². The second kappa shape index (κ2) is 10.0. The number of hydrogen-bond acceptors (Lipinski definition) is 6. The molecule has 1 N–H and O–H groups in total. The molecule has 1 spiro atoms. The van der Waals surface area contributed by atoms with Crippen molar-refractivity contribution in [3.8, 4) is 0 Å². The Morgan fingerprint density at radius 1 is 1.03 bits per heavy atom. The van der Waals surface area contributed by atoms with Crippen molar-refractivity contribution in [2.24, 2.45) is 5.41 Å². The van der Waals surface area contributed by atoms with Gasteiger partial charge in [0.2, 0.25) is 11.8 Å². The van der Waals surface area contributed by atoms with Crippen molar-refractivity contribution in [3.05, 3.63) is 30.1 Å². The number of piperazine rings is 1. The molecule has 9 nitrogen and oxygen atoms in total. The van der Waals surface area contributed by atoms with E-state index >= 15 is 0 Å². The smallest absolute Gasteiger partial charge is 0.410 e. The lowest BCUT2D eigenvalue weighted by molar-refractivity contribution is -0.138. The summed E-state index contributed by atoms with van der Waals surface area (Å²) in [6, 6.07) is 6.84. The largest absolute Gasteiger partial charge is 0.448 e. The summed E-state index contributed by atoms with van der Waals surface area (Å²) in [4.78, 5) is 45.0. The maximum absolute atomic E-state index is 13.2. The Kier molecular flexibility index (Phi) is 6.82. The number of hydrogen-bond donors (Lipinski definition) is 1. The van der Waals surface area contributed by atoms with Crippen molar-refractivity contribution < 1.29 is 23.5 Å². The van der Waals surface area contributed by atoms with Crippen LogP contribution in [0.25, 0.3) is 0 Å². The monoisotopic (exact) mass is 487 g/mol. The lowest BCUT2D eigenvalue weighted by atomic mass is 9.75. The number of likely N-dealkylation sites (tertiary alicyclic amines) is 1. The highest BCUT2D eigenvalue weighted by Gasteiger charge is 2.48. The maximum Gasteiger partial charge on any atom is 0.410 e. The Labute approximate surface area is 205 Å². The van der Waals surface area contributed by atoms with Gasteiger partial charge in [-0.3, -0.25) is 19.4 Å². The molecule has 4 aliphatic heterocycles. The Hall–Kier alpha value is -2.88. The van der Waals surface area contributed by atoms with E-state index < -0.39 is 6.09 Å². The van der Waals surface area contributed by atoms with E-state index in [0.717, 1.165) is 51.3 Å². The molecule has 4 aliphatic rings. The van der Waals surface area contributed by atoms with Crippen molar-refractivity contribution in [1.82, 2.24) is 20.0 Å². The van der Waals surface area contributed by atoms with Crippen LogP contribution >= 0.6 is 0 Å². The molecule has 35 heavy (non-hydrogen) atoms. The first-order chi connectivity index (χ1) is 16.9. The molecule has 4 fully saturated rings. The van der Waals surface area contributed by atoms with Crippen LogP contribution in [0.2, 0.25) is 0 Å². The minimum absolute atomic E-state index is 0.0507. The molecule has 1 aromatic carbocycles. The molecule has 0 aliphatic carbocycles. The van der Waals surface area contributed by atoms with Gasteiger partial charge in [0.1, 0.15) is 19.0 Å². The molecule has 0 radical (unpaired) electrons. The van der Waals surface area contributed by atoms with Gasteiger partial charge in [0, 0.05) is 57.5 Å². The number of carbonyl (C=O) groups excluding carboxylic acids is 3. The number of anilines is 1. The van der Waals surface area contributed by atoms with Crippen molar-refractivity contribution in [1.29, 1.82) is 0 Å². The van der Waals surface area contributed by atoms with Gasteiger partial charge < -0.3 is 19.9 Å². The van der Waals surface area contributed by atoms with E-state index in [9.17, 15) is 18.8 Å². The highest BCUT2D eigenvalue weighted by molar-refractivity contribution is 5.86. The van der Waals surface area contributed by atoms with Crippen molar-refractivity contribution in [2.45, 2.75) is 31.7 Å². The number of benzene rings is 1. The molecule has 1 aromatic rings. The number of nitrogens with zero attached hydrogens (tertiary/aromatic N) is 4. The highest BCUT2D eigenvalue weighted by Crippen LogP contribution is 2.41. The van der Waals surface area contributed by atoms with E-state index in [4.69, 9.17) is 4.74 Å². The van der Waals surface area contributed by atoms with Crippen LogP contribution in [0.1, 0.15) is 25.7 Å². The van der Waals surface area contributed by atoms with Gasteiger partial charge in [0.15, 0.2) is 0 Å². The Morgan fingerprint density at radius 3 is 2.40 bits per heavy atom. The number of carbonyl (C=O) groups is 3. The van der Waals surface area contributed by atoms with E-state index in [0.29, 0.717) is 39.1 Å². The Balaban J connectivity index is 1.05. The molecule has 0 aromatic heterocycles. The van der Waals surface area contributed by atoms with Crippen LogP contribution in [0.5, 0.6) is 0 Å². The number of piperidine rings is 1. The van der Waals surface area contributed by atoms with Gasteiger partial charge in [0.05, 0.1) is 12.0 Å². The van der Waals surface area contributed by atoms with E-state index in [1.165, 1.54) is 17.0 Å². The number of rotatable bonds is 6. The summed E-state index contributed by atoms with van der Waals surface area (Å²) in [7, 11) is 0. The molecule has 10 heteroatoms. The molecule has 3 amide bonds. The molecular formula is C25H34FN5O4. The van der Waals surface area contributed by atoms with E-state index in [1.807, 2.05) is 12.1 Å². The predicted octanol–water partition coefficient (Wildman–Crippen LogP) is 1.29. The number of halogens is 1. The highest BCUT2D eigenvalue weighted by atomic mass is 19.1. The third-order valence-corrected chi connectivity index (χ3v) is 8.06. The van der Waals surface area contributed by atoms with Crippen LogP contribution in [0.15, 0.2) is 24.3 Å². The third-order valence-electron chi connectivity index (χ3n) is 8.06.